The number of likely N-dealkylation sites (N-methyl/N-ethyl adjacent to an activating group) is 1. The molecule has 26 heavy (non-hydrogen) atoms. The van der Waals surface area contributed by atoms with Gasteiger partial charge in [-0.3, -0.25) is 9.59 Å². The van der Waals surface area contributed by atoms with Crippen LogP contribution in [0.3, 0.4) is 0 Å². The molecule has 1 aromatic heterocycles. The number of carbonyl (C=O) groups excluding carboxylic acids is 1. The highest BCUT2D eigenvalue weighted by molar-refractivity contribution is 5.92. The fourth-order valence-corrected chi connectivity index (χ4v) is 2.80. The van der Waals surface area contributed by atoms with Gasteiger partial charge >= 0.3 is 0 Å². The van der Waals surface area contributed by atoms with Crippen molar-refractivity contribution < 1.29 is 4.79 Å². The highest BCUT2D eigenvalue weighted by Crippen LogP contribution is 2.18. The summed E-state index contributed by atoms with van der Waals surface area (Å²) in [4.78, 5) is 26.3. The van der Waals surface area contributed by atoms with E-state index < -0.39 is 0 Å². The predicted octanol–water partition coefficient (Wildman–Crippen LogP) is 2.25. The number of carbonyl (C=O) groups is 1. The van der Waals surface area contributed by atoms with Gasteiger partial charge in [0.1, 0.15) is 5.69 Å². The second-order valence-electron chi connectivity index (χ2n) is 6.56. The Kier molecular flexibility index (Phi) is 7.09. The van der Waals surface area contributed by atoms with Gasteiger partial charge in [0.05, 0.1) is 6.04 Å². The molecule has 0 bridgehead atoms. The predicted molar refractivity (Wildman–Crippen MR) is 103 cm³/mol. The Morgan fingerprint density at radius 3 is 2.42 bits per heavy atom. The Balaban J connectivity index is 2.09. The molecule has 0 radical (unpaired) electrons. The van der Waals surface area contributed by atoms with Gasteiger partial charge in [0.25, 0.3) is 11.5 Å². The molecule has 1 heterocycles. The molecule has 6 heteroatoms. The lowest BCUT2D eigenvalue weighted by Gasteiger charge is -2.25. The molecule has 0 aliphatic heterocycles. The van der Waals surface area contributed by atoms with E-state index in [-0.39, 0.29) is 23.2 Å². The molecule has 0 spiro atoms. The maximum absolute atomic E-state index is 12.5. The van der Waals surface area contributed by atoms with Crippen molar-refractivity contribution in [1.29, 1.82) is 0 Å². The molecule has 2 aromatic rings. The smallest absolute Gasteiger partial charge is 0.271 e. The van der Waals surface area contributed by atoms with E-state index in [4.69, 9.17) is 0 Å². The van der Waals surface area contributed by atoms with Gasteiger partial charge in [-0.25, -0.2) is 4.68 Å². The number of aromatic nitrogens is 2. The minimum Gasteiger partial charge on any atom is -0.349 e. The number of aryl methyl sites for hydroxylation is 2. The lowest BCUT2D eigenvalue weighted by Crippen LogP contribution is -2.36. The van der Waals surface area contributed by atoms with E-state index in [9.17, 15) is 9.59 Å². The van der Waals surface area contributed by atoms with Crippen LogP contribution in [0.2, 0.25) is 0 Å². The second-order valence-corrected chi connectivity index (χ2v) is 6.56. The van der Waals surface area contributed by atoms with E-state index in [1.165, 1.54) is 22.4 Å². The fraction of sp³-hybridized carbons (Fsp3) is 0.450. The van der Waals surface area contributed by atoms with Crippen molar-refractivity contribution in [1.82, 2.24) is 20.0 Å². The highest BCUT2D eigenvalue weighted by Gasteiger charge is 2.17. The van der Waals surface area contributed by atoms with Gasteiger partial charge in [0, 0.05) is 19.2 Å². The molecule has 1 N–H and O–H groups in total. The summed E-state index contributed by atoms with van der Waals surface area (Å²) in [5.41, 5.74) is 2.51. The summed E-state index contributed by atoms with van der Waals surface area (Å²) in [6.45, 7) is 5.06. The Morgan fingerprint density at radius 2 is 1.85 bits per heavy atom. The summed E-state index contributed by atoms with van der Waals surface area (Å²) < 4.78 is 1.34. The normalized spacial score (nSPS) is 12.2. The van der Waals surface area contributed by atoms with Crippen LogP contribution in [0.5, 0.6) is 0 Å². The molecular weight excluding hydrogens is 328 g/mol. The van der Waals surface area contributed by atoms with Crippen LogP contribution in [0, 0.1) is 0 Å². The van der Waals surface area contributed by atoms with Crippen molar-refractivity contribution in [2.24, 2.45) is 0 Å². The number of benzene rings is 1. The van der Waals surface area contributed by atoms with E-state index >= 15 is 0 Å². The van der Waals surface area contributed by atoms with E-state index in [0.717, 1.165) is 18.4 Å². The van der Waals surface area contributed by atoms with Gasteiger partial charge in [-0.05, 0) is 44.1 Å². The van der Waals surface area contributed by atoms with Crippen LogP contribution in [0.1, 0.15) is 47.9 Å². The second kappa shape index (κ2) is 9.29. The molecule has 2 rings (SSSR count). The summed E-state index contributed by atoms with van der Waals surface area (Å²) in [7, 11) is 3.98. The Bertz CT molecular complexity index is 781. The monoisotopic (exact) mass is 356 g/mol. The third-order valence-electron chi connectivity index (χ3n) is 4.39. The quantitative estimate of drug-likeness (QED) is 0.788. The van der Waals surface area contributed by atoms with Gasteiger partial charge in [-0.15, -0.1) is 0 Å². The van der Waals surface area contributed by atoms with Crippen molar-refractivity contribution in [2.75, 3.05) is 20.6 Å². The molecule has 0 saturated heterocycles. The van der Waals surface area contributed by atoms with E-state index in [2.05, 4.69) is 46.5 Å². The molecule has 0 fully saturated rings. The minimum atomic E-state index is -0.271. The number of hydrogen-bond acceptors (Lipinski definition) is 4. The SMILES string of the molecule is CCCn1nc(C(=O)NCC(c2ccc(CC)cc2)N(C)C)ccc1=O. The molecule has 1 atom stereocenters. The molecule has 1 unspecified atom stereocenters. The van der Waals surface area contributed by atoms with Crippen molar-refractivity contribution in [3.63, 3.8) is 0 Å². The maximum atomic E-state index is 12.5. The average Bonchev–Trinajstić information content (AvgIpc) is 2.64. The summed E-state index contributed by atoms with van der Waals surface area (Å²) in [6, 6.07) is 11.4. The van der Waals surface area contributed by atoms with E-state index in [1.54, 1.807) is 0 Å². The number of nitrogens with zero attached hydrogens (tertiary/aromatic N) is 3. The zero-order valence-electron chi connectivity index (χ0n) is 16.0. The molecule has 6 nitrogen and oxygen atoms in total. The van der Waals surface area contributed by atoms with Crippen LogP contribution >= 0.6 is 0 Å². The lowest BCUT2D eigenvalue weighted by molar-refractivity contribution is 0.0934. The third kappa shape index (κ3) is 5.02. The summed E-state index contributed by atoms with van der Waals surface area (Å²) >= 11 is 0. The van der Waals surface area contributed by atoms with Crippen LogP contribution < -0.4 is 10.9 Å². The van der Waals surface area contributed by atoms with Crippen molar-refractivity contribution in [3.8, 4) is 0 Å². The molecular formula is C20H28N4O2. The summed E-state index contributed by atoms with van der Waals surface area (Å²) in [5, 5.41) is 7.10. The average molecular weight is 356 g/mol. The van der Waals surface area contributed by atoms with Crippen molar-refractivity contribution in [2.45, 2.75) is 39.3 Å². The van der Waals surface area contributed by atoms with Gasteiger partial charge < -0.3 is 10.2 Å². The maximum Gasteiger partial charge on any atom is 0.271 e. The first-order chi connectivity index (χ1) is 12.5. The molecule has 0 aliphatic carbocycles. The van der Waals surface area contributed by atoms with Crippen LogP contribution in [0.4, 0.5) is 0 Å². The van der Waals surface area contributed by atoms with E-state index in [1.807, 2.05) is 21.0 Å². The van der Waals surface area contributed by atoms with E-state index in [0.29, 0.717) is 13.1 Å². The Hall–Kier alpha value is -2.47. The highest BCUT2D eigenvalue weighted by atomic mass is 16.2. The molecule has 140 valence electrons. The van der Waals surface area contributed by atoms with Gasteiger partial charge in [0.15, 0.2) is 0 Å². The molecule has 1 aromatic carbocycles. The van der Waals surface area contributed by atoms with Gasteiger partial charge in [0.2, 0.25) is 0 Å². The first kappa shape index (κ1) is 19.8. The van der Waals surface area contributed by atoms with Crippen LogP contribution in [0.15, 0.2) is 41.2 Å². The van der Waals surface area contributed by atoms with Crippen LogP contribution in [0.25, 0.3) is 0 Å². The molecule has 0 saturated carbocycles. The number of amides is 1. The van der Waals surface area contributed by atoms with Crippen molar-refractivity contribution >= 4 is 5.91 Å². The number of hydrogen-bond donors (Lipinski definition) is 1. The first-order valence-corrected chi connectivity index (χ1v) is 9.07. The van der Waals surface area contributed by atoms with Crippen LogP contribution in [-0.2, 0) is 13.0 Å². The zero-order chi connectivity index (χ0) is 19.1. The summed E-state index contributed by atoms with van der Waals surface area (Å²) in [5.74, 6) is -0.271. The molecule has 1 amide bonds. The zero-order valence-corrected chi connectivity index (χ0v) is 16.0. The topological polar surface area (TPSA) is 67.2 Å². The van der Waals surface area contributed by atoms with Gasteiger partial charge in [-0.1, -0.05) is 38.1 Å². The van der Waals surface area contributed by atoms with Crippen LogP contribution in [-0.4, -0.2) is 41.2 Å². The third-order valence-corrected chi connectivity index (χ3v) is 4.39. The largest absolute Gasteiger partial charge is 0.349 e. The minimum absolute atomic E-state index is 0.0615. The fourth-order valence-electron chi connectivity index (χ4n) is 2.80. The molecule has 0 aliphatic rings. The number of rotatable bonds is 8. The van der Waals surface area contributed by atoms with Gasteiger partial charge in [-0.2, -0.15) is 5.10 Å². The standard InChI is InChI=1S/C20H28N4O2/c1-5-13-24-19(25)12-11-17(22-24)20(26)21-14-18(23(3)4)16-9-7-15(6-2)8-10-16/h7-12,18H,5-6,13-14H2,1-4H3,(H,21,26). The Labute approximate surface area is 154 Å². The van der Waals surface area contributed by atoms with Crippen molar-refractivity contribution in [3.05, 3.63) is 63.6 Å². The lowest BCUT2D eigenvalue weighted by atomic mass is 10.0. The first-order valence-electron chi connectivity index (χ1n) is 9.07. The number of nitrogens with one attached hydrogen (secondary N) is 1. The summed E-state index contributed by atoms with van der Waals surface area (Å²) in [6.07, 6.45) is 1.79. The Morgan fingerprint density at radius 1 is 1.15 bits per heavy atom.